The lowest BCUT2D eigenvalue weighted by atomic mass is 9.92. The molecule has 0 amide bonds. The Morgan fingerprint density at radius 2 is 2.00 bits per heavy atom. The van der Waals surface area contributed by atoms with Crippen molar-refractivity contribution in [3.8, 4) is 0 Å². The molecule has 0 bridgehead atoms. The van der Waals surface area contributed by atoms with Crippen LogP contribution in [0.3, 0.4) is 0 Å². The number of aromatic nitrogens is 2. The lowest BCUT2D eigenvalue weighted by molar-refractivity contribution is 0.134. The zero-order valence-electron chi connectivity index (χ0n) is 11.6. The number of nitrogens with one attached hydrogen (secondary N) is 1. The molecule has 1 fully saturated rings. The topological polar surface area (TPSA) is 41.1 Å². The summed E-state index contributed by atoms with van der Waals surface area (Å²) in [6, 6.07) is 0. The van der Waals surface area contributed by atoms with Crippen LogP contribution in [0.15, 0.2) is 0 Å². The molecule has 1 aromatic heterocycles. The Labute approximate surface area is 114 Å². The highest BCUT2D eigenvalue weighted by Gasteiger charge is 2.22. The molecule has 2 heterocycles. The fraction of sp³-hybridized carbons (Fsp3) is 0.846. The standard InChI is InChI=1S/C13H24N4S/c1-4-5-14-13-16-15-12(18-13)9-17-7-10(2)6-11(3)8-17/h10-11H,4-9H2,1-3H3,(H,14,16). The average Bonchev–Trinajstić information content (AvgIpc) is 2.72. The zero-order chi connectivity index (χ0) is 13.0. The Morgan fingerprint density at radius 1 is 1.28 bits per heavy atom. The number of likely N-dealkylation sites (tertiary alicyclic amines) is 1. The van der Waals surface area contributed by atoms with Gasteiger partial charge in [-0.25, -0.2) is 0 Å². The van der Waals surface area contributed by atoms with Gasteiger partial charge < -0.3 is 5.32 Å². The highest BCUT2D eigenvalue weighted by molar-refractivity contribution is 7.15. The van der Waals surface area contributed by atoms with Gasteiger partial charge in [0, 0.05) is 19.6 Å². The van der Waals surface area contributed by atoms with Crippen LogP contribution in [0.5, 0.6) is 0 Å². The monoisotopic (exact) mass is 268 g/mol. The van der Waals surface area contributed by atoms with Crippen LogP contribution in [-0.4, -0.2) is 34.7 Å². The van der Waals surface area contributed by atoms with Crippen molar-refractivity contribution in [1.82, 2.24) is 15.1 Å². The van der Waals surface area contributed by atoms with E-state index in [9.17, 15) is 0 Å². The molecule has 102 valence electrons. The second-order valence-electron chi connectivity index (χ2n) is 5.57. The van der Waals surface area contributed by atoms with Gasteiger partial charge in [-0.05, 0) is 24.7 Å². The molecule has 2 atom stereocenters. The molecule has 1 saturated heterocycles. The van der Waals surface area contributed by atoms with E-state index >= 15 is 0 Å². The summed E-state index contributed by atoms with van der Waals surface area (Å²) in [7, 11) is 0. The van der Waals surface area contributed by atoms with Crippen molar-refractivity contribution in [3.63, 3.8) is 0 Å². The fourth-order valence-corrected chi connectivity index (χ4v) is 3.54. The van der Waals surface area contributed by atoms with E-state index < -0.39 is 0 Å². The molecule has 0 spiro atoms. The molecule has 1 aliphatic heterocycles. The molecular weight excluding hydrogens is 244 g/mol. The molecule has 1 aromatic rings. The second kappa shape index (κ2) is 6.48. The van der Waals surface area contributed by atoms with E-state index in [-0.39, 0.29) is 0 Å². The summed E-state index contributed by atoms with van der Waals surface area (Å²) in [6.07, 6.45) is 2.48. The molecule has 2 unspecified atom stereocenters. The Balaban J connectivity index is 1.86. The van der Waals surface area contributed by atoms with Crippen molar-refractivity contribution >= 4 is 16.5 Å². The van der Waals surface area contributed by atoms with Crippen LogP contribution in [0.4, 0.5) is 5.13 Å². The van der Waals surface area contributed by atoms with Gasteiger partial charge in [0.05, 0.1) is 6.54 Å². The van der Waals surface area contributed by atoms with Gasteiger partial charge in [0.2, 0.25) is 5.13 Å². The van der Waals surface area contributed by atoms with Crippen LogP contribution in [-0.2, 0) is 6.54 Å². The van der Waals surface area contributed by atoms with Crippen molar-refractivity contribution in [2.75, 3.05) is 25.0 Å². The smallest absolute Gasteiger partial charge is 0.205 e. The lowest BCUT2D eigenvalue weighted by Crippen LogP contribution is -2.38. The van der Waals surface area contributed by atoms with E-state index in [0.29, 0.717) is 0 Å². The van der Waals surface area contributed by atoms with Crippen molar-refractivity contribution in [3.05, 3.63) is 5.01 Å². The van der Waals surface area contributed by atoms with E-state index in [1.54, 1.807) is 11.3 Å². The summed E-state index contributed by atoms with van der Waals surface area (Å²) in [4.78, 5) is 2.52. The molecule has 0 aliphatic carbocycles. The van der Waals surface area contributed by atoms with Crippen molar-refractivity contribution in [1.29, 1.82) is 0 Å². The minimum Gasteiger partial charge on any atom is -0.360 e. The maximum absolute atomic E-state index is 4.28. The molecule has 1 aliphatic rings. The molecule has 18 heavy (non-hydrogen) atoms. The minimum absolute atomic E-state index is 0.805. The first-order valence-corrected chi connectivity index (χ1v) is 7.77. The Bertz CT molecular complexity index is 356. The third-order valence-electron chi connectivity index (χ3n) is 3.30. The highest BCUT2D eigenvalue weighted by Crippen LogP contribution is 2.24. The zero-order valence-corrected chi connectivity index (χ0v) is 12.5. The van der Waals surface area contributed by atoms with Gasteiger partial charge in [-0.1, -0.05) is 32.1 Å². The number of nitrogens with zero attached hydrogens (tertiary/aromatic N) is 3. The molecule has 5 heteroatoms. The highest BCUT2D eigenvalue weighted by atomic mass is 32.1. The predicted octanol–water partition coefficient (Wildman–Crippen LogP) is 2.84. The quantitative estimate of drug-likeness (QED) is 0.891. The maximum Gasteiger partial charge on any atom is 0.205 e. The van der Waals surface area contributed by atoms with E-state index in [4.69, 9.17) is 0 Å². The molecule has 1 N–H and O–H groups in total. The van der Waals surface area contributed by atoms with Gasteiger partial charge in [0.25, 0.3) is 0 Å². The third kappa shape index (κ3) is 3.92. The van der Waals surface area contributed by atoms with Crippen LogP contribution < -0.4 is 5.32 Å². The minimum atomic E-state index is 0.805. The predicted molar refractivity (Wildman–Crippen MR) is 76.9 cm³/mol. The third-order valence-corrected chi connectivity index (χ3v) is 4.16. The molecule has 2 rings (SSSR count). The van der Waals surface area contributed by atoms with Crippen LogP contribution in [0.2, 0.25) is 0 Å². The summed E-state index contributed by atoms with van der Waals surface area (Å²) < 4.78 is 0. The molecule has 0 saturated carbocycles. The van der Waals surface area contributed by atoms with Crippen molar-refractivity contribution in [2.24, 2.45) is 11.8 Å². The summed E-state index contributed by atoms with van der Waals surface area (Å²) >= 11 is 1.69. The van der Waals surface area contributed by atoms with Gasteiger partial charge in [0.15, 0.2) is 0 Å². The van der Waals surface area contributed by atoms with E-state index in [2.05, 4.69) is 41.2 Å². The van der Waals surface area contributed by atoms with Gasteiger partial charge in [-0.15, -0.1) is 10.2 Å². The second-order valence-corrected chi connectivity index (χ2v) is 6.63. The fourth-order valence-electron chi connectivity index (χ4n) is 2.73. The van der Waals surface area contributed by atoms with E-state index in [1.807, 2.05) is 0 Å². The van der Waals surface area contributed by atoms with E-state index in [0.717, 1.165) is 41.5 Å². The molecular formula is C13H24N4S. The Hall–Kier alpha value is -0.680. The van der Waals surface area contributed by atoms with Gasteiger partial charge in [-0.3, -0.25) is 4.90 Å². The molecule has 0 aromatic carbocycles. The largest absolute Gasteiger partial charge is 0.360 e. The van der Waals surface area contributed by atoms with Gasteiger partial charge >= 0.3 is 0 Å². The van der Waals surface area contributed by atoms with Gasteiger partial charge in [-0.2, -0.15) is 0 Å². The normalized spacial score (nSPS) is 25.3. The number of hydrogen-bond donors (Lipinski definition) is 1. The van der Waals surface area contributed by atoms with Crippen molar-refractivity contribution in [2.45, 2.75) is 40.2 Å². The first-order valence-electron chi connectivity index (χ1n) is 6.96. The summed E-state index contributed by atoms with van der Waals surface area (Å²) in [5.41, 5.74) is 0. The van der Waals surface area contributed by atoms with E-state index in [1.165, 1.54) is 19.5 Å². The summed E-state index contributed by atoms with van der Waals surface area (Å²) in [5, 5.41) is 13.9. The first kappa shape index (κ1) is 13.7. The Morgan fingerprint density at radius 3 is 2.67 bits per heavy atom. The summed E-state index contributed by atoms with van der Waals surface area (Å²) in [6.45, 7) is 11.2. The van der Waals surface area contributed by atoms with Gasteiger partial charge in [0.1, 0.15) is 5.01 Å². The van der Waals surface area contributed by atoms with Crippen LogP contribution >= 0.6 is 11.3 Å². The van der Waals surface area contributed by atoms with Crippen LogP contribution in [0, 0.1) is 11.8 Å². The lowest BCUT2D eigenvalue weighted by Gasteiger charge is -2.34. The number of rotatable bonds is 5. The summed E-state index contributed by atoms with van der Waals surface area (Å²) in [5.74, 6) is 1.61. The molecule has 0 radical (unpaired) electrons. The van der Waals surface area contributed by atoms with Crippen LogP contribution in [0.25, 0.3) is 0 Å². The number of piperidine rings is 1. The number of anilines is 1. The molecule has 4 nitrogen and oxygen atoms in total. The maximum atomic E-state index is 4.28. The van der Waals surface area contributed by atoms with Crippen molar-refractivity contribution < 1.29 is 0 Å². The average molecular weight is 268 g/mol. The van der Waals surface area contributed by atoms with Crippen LogP contribution in [0.1, 0.15) is 38.6 Å². The first-order chi connectivity index (χ1) is 8.67. The SMILES string of the molecule is CCCNc1nnc(CN2CC(C)CC(C)C2)s1. The number of hydrogen-bond acceptors (Lipinski definition) is 5. The Kier molecular flexibility index (Phi) is 4.95.